The molecule has 0 amide bonds. The lowest BCUT2D eigenvalue weighted by atomic mass is 10.1. The molecule has 1 rings (SSSR count). The molecule has 0 heterocycles. The Hall–Kier alpha value is -2.07. The van der Waals surface area contributed by atoms with Crippen LogP contribution in [0.4, 0.5) is 24.5 Å². The molecule has 1 aromatic rings. The second-order valence-electron chi connectivity index (χ2n) is 4.01. The van der Waals surface area contributed by atoms with Gasteiger partial charge in [-0.3, -0.25) is 10.1 Å². The van der Waals surface area contributed by atoms with E-state index in [1.807, 2.05) is 0 Å². The number of hydrogen-bond acceptors (Lipinski definition) is 6. The zero-order chi connectivity index (χ0) is 17.1. The standard InChI is InChI=1S/C11H10ClF3N2O5/c1-22-10(19)8(4-18)16-7-3-6(12)5(11(13,14)15)2-9(7)17(20)21/h2-3,8,16,18H,4H2,1H3. The van der Waals surface area contributed by atoms with Crippen LogP contribution in [0, 0.1) is 10.1 Å². The van der Waals surface area contributed by atoms with Gasteiger partial charge in [0, 0.05) is 6.07 Å². The molecule has 0 saturated heterocycles. The summed E-state index contributed by atoms with van der Waals surface area (Å²) in [6, 6.07) is -0.485. The van der Waals surface area contributed by atoms with Gasteiger partial charge in [-0.15, -0.1) is 0 Å². The van der Waals surface area contributed by atoms with Crippen LogP contribution in [0.15, 0.2) is 12.1 Å². The summed E-state index contributed by atoms with van der Waals surface area (Å²) in [5, 5.41) is 21.4. The fraction of sp³-hybridized carbons (Fsp3) is 0.364. The van der Waals surface area contributed by atoms with Gasteiger partial charge in [0.2, 0.25) is 0 Å². The molecule has 0 aliphatic heterocycles. The molecule has 1 atom stereocenters. The maximum absolute atomic E-state index is 12.7. The second kappa shape index (κ2) is 6.79. The number of ether oxygens (including phenoxy) is 1. The molecule has 0 bridgehead atoms. The van der Waals surface area contributed by atoms with Gasteiger partial charge >= 0.3 is 12.1 Å². The first-order valence-electron chi connectivity index (χ1n) is 5.62. The fourth-order valence-electron chi connectivity index (χ4n) is 1.55. The van der Waals surface area contributed by atoms with Crippen LogP contribution in [0.25, 0.3) is 0 Å². The van der Waals surface area contributed by atoms with E-state index in [2.05, 4.69) is 10.1 Å². The molecule has 7 nitrogen and oxygen atoms in total. The number of anilines is 1. The van der Waals surface area contributed by atoms with E-state index >= 15 is 0 Å². The van der Waals surface area contributed by atoms with E-state index in [9.17, 15) is 28.1 Å². The van der Waals surface area contributed by atoms with Gasteiger partial charge in [0.1, 0.15) is 11.7 Å². The summed E-state index contributed by atoms with van der Waals surface area (Å²) in [4.78, 5) is 21.1. The van der Waals surface area contributed by atoms with Gasteiger partial charge in [0.15, 0.2) is 0 Å². The average Bonchev–Trinajstić information content (AvgIpc) is 2.42. The molecule has 0 spiro atoms. The normalized spacial score (nSPS) is 12.6. The lowest BCUT2D eigenvalue weighted by Gasteiger charge is -2.17. The number of alkyl halides is 3. The SMILES string of the molecule is COC(=O)C(CO)Nc1cc(Cl)c(C(F)(F)F)cc1[N+](=O)[O-]. The first-order valence-corrected chi connectivity index (χ1v) is 6.00. The molecule has 0 radical (unpaired) electrons. The summed E-state index contributed by atoms with van der Waals surface area (Å²) in [5.74, 6) is -0.951. The summed E-state index contributed by atoms with van der Waals surface area (Å²) in [6.45, 7) is -0.789. The van der Waals surface area contributed by atoms with Gasteiger partial charge in [-0.1, -0.05) is 11.6 Å². The number of nitrogens with zero attached hydrogens (tertiary/aromatic N) is 1. The highest BCUT2D eigenvalue weighted by atomic mass is 35.5. The Bertz CT molecular complexity index is 594. The molecule has 0 aromatic heterocycles. The number of nitro benzene ring substituents is 1. The number of benzene rings is 1. The molecule has 0 fully saturated rings. The van der Waals surface area contributed by atoms with E-state index in [-0.39, 0.29) is 6.07 Å². The van der Waals surface area contributed by atoms with Crippen LogP contribution in [-0.4, -0.2) is 35.8 Å². The van der Waals surface area contributed by atoms with Gasteiger partial charge in [-0.2, -0.15) is 13.2 Å². The molecule has 0 aliphatic carbocycles. The first kappa shape index (κ1) is 18.0. The number of methoxy groups -OCH3 is 1. The van der Waals surface area contributed by atoms with E-state index in [1.165, 1.54) is 0 Å². The van der Waals surface area contributed by atoms with Crippen LogP contribution >= 0.6 is 11.6 Å². The molecule has 22 heavy (non-hydrogen) atoms. The summed E-state index contributed by atoms with van der Waals surface area (Å²) in [6.07, 6.45) is -4.88. The predicted octanol–water partition coefficient (Wildman–Crippen LogP) is 2.21. The van der Waals surface area contributed by atoms with Crippen molar-refractivity contribution in [2.24, 2.45) is 0 Å². The summed E-state index contributed by atoms with van der Waals surface area (Å²) < 4.78 is 42.4. The number of esters is 1. The van der Waals surface area contributed by atoms with Crippen molar-refractivity contribution in [3.8, 4) is 0 Å². The monoisotopic (exact) mass is 342 g/mol. The van der Waals surface area contributed by atoms with Crippen molar-refractivity contribution in [1.29, 1.82) is 0 Å². The number of rotatable bonds is 5. The first-order chi connectivity index (χ1) is 10.1. The van der Waals surface area contributed by atoms with E-state index in [4.69, 9.17) is 16.7 Å². The maximum Gasteiger partial charge on any atom is 0.418 e. The summed E-state index contributed by atoms with van der Waals surface area (Å²) >= 11 is 5.47. The minimum Gasteiger partial charge on any atom is -0.467 e. The van der Waals surface area contributed by atoms with Crippen molar-refractivity contribution in [3.05, 3.63) is 32.8 Å². The Morgan fingerprint density at radius 3 is 2.55 bits per heavy atom. The van der Waals surface area contributed by atoms with Crippen LogP contribution in [-0.2, 0) is 15.7 Å². The second-order valence-corrected chi connectivity index (χ2v) is 4.41. The third-order valence-electron chi connectivity index (χ3n) is 2.59. The van der Waals surface area contributed by atoms with Crippen LogP contribution in [0.5, 0.6) is 0 Å². The van der Waals surface area contributed by atoms with Crippen molar-refractivity contribution in [3.63, 3.8) is 0 Å². The number of aliphatic hydroxyl groups is 1. The topological polar surface area (TPSA) is 102 Å². The Morgan fingerprint density at radius 2 is 2.14 bits per heavy atom. The molecule has 1 aromatic carbocycles. The quantitative estimate of drug-likeness (QED) is 0.483. The molecular formula is C11H10ClF3N2O5. The number of nitro groups is 1. The number of nitrogens with one attached hydrogen (secondary N) is 1. The lowest BCUT2D eigenvalue weighted by Crippen LogP contribution is -2.34. The van der Waals surface area contributed by atoms with Crippen molar-refractivity contribution in [1.82, 2.24) is 0 Å². The highest BCUT2D eigenvalue weighted by Crippen LogP contribution is 2.40. The largest absolute Gasteiger partial charge is 0.467 e. The molecule has 1 unspecified atom stereocenters. The third-order valence-corrected chi connectivity index (χ3v) is 2.90. The molecular weight excluding hydrogens is 333 g/mol. The average molecular weight is 343 g/mol. The Kier molecular flexibility index (Phi) is 5.55. The van der Waals surface area contributed by atoms with E-state index in [0.717, 1.165) is 7.11 Å². The van der Waals surface area contributed by atoms with Crippen LogP contribution in [0.1, 0.15) is 5.56 Å². The van der Waals surface area contributed by atoms with Gasteiger partial charge in [0.25, 0.3) is 5.69 Å². The number of carbonyl (C=O) groups excluding carboxylic acids is 1. The Balaban J connectivity index is 3.33. The molecule has 11 heteroatoms. The molecule has 0 saturated carbocycles. The highest BCUT2D eigenvalue weighted by molar-refractivity contribution is 6.31. The number of halogens is 4. The zero-order valence-corrected chi connectivity index (χ0v) is 11.7. The van der Waals surface area contributed by atoms with Crippen molar-refractivity contribution in [2.45, 2.75) is 12.2 Å². The van der Waals surface area contributed by atoms with Crippen LogP contribution in [0.3, 0.4) is 0 Å². The predicted molar refractivity (Wildman–Crippen MR) is 69.6 cm³/mol. The molecule has 122 valence electrons. The minimum atomic E-state index is -4.88. The zero-order valence-electron chi connectivity index (χ0n) is 11.0. The van der Waals surface area contributed by atoms with Gasteiger partial charge in [-0.25, -0.2) is 4.79 Å². The van der Waals surface area contributed by atoms with Gasteiger partial charge in [0.05, 0.1) is 29.2 Å². The number of hydrogen-bond donors (Lipinski definition) is 2. The third kappa shape index (κ3) is 3.98. The number of aliphatic hydroxyl groups excluding tert-OH is 1. The van der Waals surface area contributed by atoms with Gasteiger partial charge < -0.3 is 15.2 Å². The van der Waals surface area contributed by atoms with Crippen molar-refractivity contribution in [2.75, 3.05) is 19.0 Å². The summed E-state index contributed by atoms with van der Waals surface area (Å²) in [7, 11) is 1.01. The lowest BCUT2D eigenvalue weighted by molar-refractivity contribution is -0.384. The Labute approximate surface area is 126 Å². The van der Waals surface area contributed by atoms with E-state index < -0.39 is 51.7 Å². The van der Waals surface area contributed by atoms with Gasteiger partial charge in [-0.05, 0) is 6.07 Å². The molecule has 0 aliphatic rings. The van der Waals surface area contributed by atoms with Crippen LogP contribution < -0.4 is 5.32 Å². The van der Waals surface area contributed by atoms with Crippen LogP contribution in [0.2, 0.25) is 5.02 Å². The molecule has 2 N–H and O–H groups in total. The minimum absolute atomic E-state index is 0.246. The summed E-state index contributed by atoms with van der Waals surface area (Å²) in [5.41, 5.74) is -2.78. The Morgan fingerprint density at radius 1 is 1.55 bits per heavy atom. The maximum atomic E-state index is 12.7. The van der Waals surface area contributed by atoms with Crippen molar-refractivity contribution < 1.29 is 32.7 Å². The number of carbonyl (C=O) groups is 1. The van der Waals surface area contributed by atoms with E-state index in [1.54, 1.807) is 0 Å². The van der Waals surface area contributed by atoms with Crippen molar-refractivity contribution >= 4 is 28.9 Å². The smallest absolute Gasteiger partial charge is 0.418 e. The fourth-order valence-corrected chi connectivity index (χ4v) is 1.83. The highest BCUT2D eigenvalue weighted by Gasteiger charge is 2.36. The van der Waals surface area contributed by atoms with E-state index in [0.29, 0.717) is 6.07 Å².